The van der Waals surface area contributed by atoms with Gasteiger partial charge in [-0.2, -0.15) is 5.10 Å². The van der Waals surface area contributed by atoms with Gasteiger partial charge in [-0.05, 0) is 54.8 Å². The first kappa shape index (κ1) is 16.3. The zero-order chi connectivity index (χ0) is 17.1. The van der Waals surface area contributed by atoms with E-state index in [4.69, 9.17) is 21.1 Å². The Bertz CT molecular complexity index is 866. The minimum absolute atomic E-state index is 0.142. The van der Waals surface area contributed by atoms with Crippen LogP contribution in [0.1, 0.15) is 16.7 Å². The van der Waals surface area contributed by atoms with Crippen LogP contribution in [0.2, 0.25) is 5.02 Å². The van der Waals surface area contributed by atoms with Gasteiger partial charge in [0.1, 0.15) is 12.4 Å². The number of rotatable bonds is 5. The lowest BCUT2D eigenvalue weighted by Crippen LogP contribution is -2.15. The lowest BCUT2D eigenvalue weighted by molar-refractivity contribution is -0.147. The molecule has 0 atom stereocenters. The summed E-state index contributed by atoms with van der Waals surface area (Å²) in [5.41, 5.74) is 3.62. The molecule has 0 amide bonds. The molecule has 0 bridgehead atoms. The van der Waals surface area contributed by atoms with Crippen LogP contribution >= 0.6 is 11.6 Å². The van der Waals surface area contributed by atoms with E-state index in [2.05, 4.69) is 10.2 Å². The molecule has 3 rings (SSSR count). The Balaban J connectivity index is 1.56. The summed E-state index contributed by atoms with van der Waals surface area (Å²) >= 11 is 5.98. The number of ether oxygens (including phenoxy) is 2. The molecule has 1 aromatic heterocycles. The average Bonchev–Trinajstić information content (AvgIpc) is 2.99. The first-order valence-electron chi connectivity index (χ1n) is 7.50. The SMILES string of the molecule is Cc1cc(Cl)cc(C)c1OCC(=O)OCc1ccc2[nH]ncc2c1. The molecule has 2 aromatic carbocycles. The number of carbonyl (C=O) groups excluding carboxylic acids is 1. The van der Waals surface area contributed by atoms with Crippen LogP contribution in [0.5, 0.6) is 5.75 Å². The van der Waals surface area contributed by atoms with E-state index in [1.165, 1.54) is 0 Å². The molecule has 0 radical (unpaired) electrons. The third-order valence-electron chi connectivity index (χ3n) is 3.66. The van der Waals surface area contributed by atoms with Gasteiger partial charge in [0.15, 0.2) is 6.61 Å². The van der Waals surface area contributed by atoms with Crippen LogP contribution in [0, 0.1) is 13.8 Å². The van der Waals surface area contributed by atoms with Crippen LogP contribution in [-0.2, 0) is 16.1 Å². The Morgan fingerprint density at radius 1 is 1.21 bits per heavy atom. The molecule has 1 N–H and O–H groups in total. The number of aryl methyl sites for hydroxylation is 2. The van der Waals surface area contributed by atoms with Gasteiger partial charge in [0.25, 0.3) is 0 Å². The van der Waals surface area contributed by atoms with Crippen LogP contribution in [0.4, 0.5) is 0 Å². The van der Waals surface area contributed by atoms with E-state index in [0.717, 1.165) is 27.6 Å². The van der Waals surface area contributed by atoms with Gasteiger partial charge in [0.2, 0.25) is 0 Å². The van der Waals surface area contributed by atoms with Gasteiger partial charge in [-0.25, -0.2) is 4.79 Å². The second-order valence-electron chi connectivity index (χ2n) is 5.61. The van der Waals surface area contributed by atoms with E-state index in [1.807, 2.05) is 32.0 Å². The van der Waals surface area contributed by atoms with Gasteiger partial charge in [0.05, 0.1) is 11.7 Å². The van der Waals surface area contributed by atoms with Crippen molar-refractivity contribution in [1.82, 2.24) is 10.2 Å². The molecule has 6 heteroatoms. The molecule has 0 spiro atoms. The summed E-state index contributed by atoms with van der Waals surface area (Å²) in [6.45, 7) is 3.83. The van der Waals surface area contributed by atoms with Crippen LogP contribution in [-0.4, -0.2) is 22.8 Å². The molecule has 0 unspecified atom stereocenters. The molecule has 0 saturated carbocycles. The smallest absolute Gasteiger partial charge is 0.344 e. The minimum Gasteiger partial charge on any atom is -0.481 e. The van der Waals surface area contributed by atoms with Crippen molar-refractivity contribution in [3.63, 3.8) is 0 Å². The lowest BCUT2D eigenvalue weighted by atomic mass is 10.1. The molecule has 0 aliphatic carbocycles. The van der Waals surface area contributed by atoms with Gasteiger partial charge in [-0.1, -0.05) is 17.7 Å². The van der Waals surface area contributed by atoms with Crippen molar-refractivity contribution in [2.75, 3.05) is 6.61 Å². The van der Waals surface area contributed by atoms with Crippen molar-refractivity contribution in [1.29, 1.82) is 0 Å². The largest absolute Gasteiger partial charge is 0.481 e. The number of aromatic amines is 1. The quantitative estimate of drug-likeness (QED) is 0.712. The molecule has 5 nitrogen and oxygen atoms in total. The summed E-state index contributed by atoms with van der Waals surface area (Å²) in [6.07, 6.45) is 1.73. The number of nitrogens with zero attached hydrogens (tertiary/aromatic N) is 1. The molecule has 24 heavy (non-hydrogen) atoms. The monoisotopic (exact) mass is 344 g/mol. The van der Waals surface area contributed by atoms with Crippen molar-refractivity contribution in [3.8, 4) is 5.75 Å². The fourth-order valence-electron chi connectivity index (χ4n) is 2.54. The fraction of sp³-hybridized carbons (Fsp3) is 0.222. The lowest BCUT2D eigenvalue weighted by Gasteiger charge is -2.12. The normalized spacial score (nSPS) is 10.8. The predicted molar refractivity (Wildman–Crippen MR) is 92.3 cm³/mol. The number of fused-ring (bicyclic) bond motifs is 1. The summed E-state index contributed by atoms with van der Waals surface area (Å²) in [5, 5.41) is 8.47. The van der Waals surface area contributed by atoms with Crippen LogP contribution in [0.3, 0.4) is 0 Å². The van der Waals surface area contributed by atoms with Gasteiger partial charge >= 0.3 is 5.97 Å². The highest BCUT2D eigenvalue weighted by atomic mass is 35.5. The van der Waals surface area contributed by atoms with E-state index >= 15 is 0 Å². The Morgan fingerprint density at radius 3 is 2.71 bits per heavy atom. The Hall–Kier alpha value is -2.53. The second-order valence-corrected chi connectivity index (χ2v) is 6.05. The third kappa shape index (κ3) is 3.68. The Labute approximate surface area is 144 Å². The first-order chi connectivity index (χ1) is 11.5. The fourth-order valence-corrected chi connectivity index (χ4v) is 2.87. The van der Waals surface area contributed by atoms with Crippen molar-refractivity contribution in [2.45, 2.75) is 20.5 Å². The van der Waals surface area contributed by atoms with Crippen molar-refractivity contribution >= 4 is 28.5 Å². The molecule has 0 fully saturated rings. The molecular formula is C18H17ClN2O3. The molecule has 0 saturated heterocycles. The predicted octanol–water partition coefficient (Wildman–Crippen LogP) is 3.96. The highest BCUT2D eigenvalue weighted by Crippen LogP contribution is 2.27. The van der Waals surface area contributed by atoms with Gasteiger partial charge in [0, 0.05) is 10.4 Å². The van der Waals surface area contributed by atoms with Crippen molar-refractivity contribution in [2.24, 2.45) is 0 Å². The maximum Gasteiger partial charge on any atom is 0.344 e. The maximum atomic E-state index is 11.9. The average molecular weight is 345 g/mol. The third-order valence-corrected chi connectivity index (χ3v) is 3.88. The molecule has 0 aliphatic heterocycles. The van der Waals surface area contributed by atoms with E-state index < -0.39 is 5.97 Å². The van der Waals surface area contributed by atoms with E-state index in [1.54, 1.807) is 18.3 Å². The van der Waals surface area contributed by atoms with Gasteiger partial charge < -0.3 is 9.47 Å². The molecule has 124 valence electrons. The van der Waals surface area contributed by atoms with Crippen molar-refractivity contribution < 1.29 is 14.3 Å². The summed E-state index contributed by atoms with van der Waals surface area (Å²) in [5.74, 6) is 0.243. The van der Waals surface area contributed by atoms with Crippen LogP contribution in [0.15, 0.2) is 36.5 Å². The molecule has 0 aliphatic rings. The Morgan fingerprint density at radius 2 is 1.96 bits per heavy atom. The van der Waals surface area contributed by atoms with Crippen LogP contribution < -0.4 is 4.74 Å². The summed E-state index contributed by atoms with van der Waals surface area (Å²) in [7, 11) is 0. The molecular weight excluding hydrogens is 328 g/mol. The van der Waals surface area contributed by atoms with Crippen molar-refractivity contribution in [3.05, 3.63) is 58.2 Å². The number of benzene rings is 2. The number of hydrogen-bond acceptors (Lipinski definition) is 4. The highest BCUT2D eigenvalue weighted by molar-refractivity contribution is 6.30. The summed E-state index contributed by atoms with van der Waals surface area (Å²) in [6, 6.07) is 9.33. The number of hydrogen-bond donors (Lipinski definition) is 1. The van der Waals surface area contributed by atoms with E-state index in [-0.39, 0.29) is 13.2 Å². The number of nitrogens with one attached hydrogen (secondary N) is 1. The molecule has 1 heterocycles. The topological polar surface area (TPSA) is 64.2 Å². The standard InChI is InChI=1S/C18H17ClN2O3/c1-11-5-15(19)6-12(2)18(11)24-10-17(22)23-9-13-3-4-16-14(7-13)8-20-21-16/h3-8H,9-10H2,1-2H3,(H,20,21). The van der Waals surface area contributed by atoms with E-state index in [0.29, 0.717) is 10.8 Å². The first-order valence-corrected chi connectivity index (χ1v) is 7.88. The minimum atomic E-state index is -0.420. The highest BCUT2D eigenvalue weighted by Gasteiger charge is 2.10. The summed E-state index contributed by atoms with van der Waals surface area (Å²) < 4.78 is 10.8. The number of aromatic nitrogens is 2. The number of halogens is 1. The number of esters is 1. The summed E-state index contributed by atoms with van der Waals surface area (Å²) in [4.78, 5) is 11.9. The van der Waals surface area contributed by atoms with Crippen LogP contribution in [0.25, 0.3) is 10.9 Å². The zero-order valence-electron chi connectivity index (χ0n) is 13.4. The zero-order valence-corrected chi connectivity index (χ0v) is 14.2. The van der Waals surface area contributed by atoms with Gasteiger partial charge in [-0.15, -0.1) is 0 Å². The van der Waals surface area contributed by atoms with E-state index in [9.17, 15) is 4.79 Å². The van der Waals surface area contributed by atoms with Gasteiger partial charge in [-0.3, -0.25) is 5.10 Å². The number of H-pyrrole nitrogens is 1. The maximum absolute atomic E-state index is 11.9. The second kappa shape index (κ2) is 6.93. The Kier molecular flexibility index (Phi) is 4.71. The molecule has 3 aromatic rings. The number of carbonyl (C=O) groups is 1.